The minimum atomic E-state index is -0.0361. The highest BCUT2D eigenvalue weighted by molar-refractivity contribution is 5.93. The van der Waals surface area contributed by atoms with Crippen LogP contribution in [0.2, 0.25) is 0 Å². The highest BCUT2D eigenvalue weighted by atomic mass is 16.5. The number of amides is 1. The van der Waals surface area contributed by atoms with E-state index in [1.165, 1.54) is 0 Å². The summed E-state index contributed by atoms with van der Waals surface area (Å²) in [6, 6.07) is 11.6. The highest BCUT2D eigenvalue weighted by Crippen LogP contribution is 2.35. The molecule has 9 nitrogen and oxygen atoms in total. The maximum atomic E-state index is 12.1. The van der Waals surface area contributed by atoms with Gasteiger partial charge >= 0.3 is 0 Å². The van der Waals surface area contributed by atoms with Gasteiger partial charge < -0.3 is 14.6 Å². The van der Waals surface area contributed by atoms with Gasteiger partial charge in [0, 0.05) is 24.4 Å². The summed E-state index contributed by atoms with van der Waals surface area (Å²) < 4.78 is 13.3. The number of carbonyl (C=O) groups excluding carboxylic acids is 1. The minimum Gasteiger partial charge on any atom is -0.473 e. The van der Waals surface area contributed by atoms with Crippen LogP contribution in [0.25, 0.3) is 16.6 Å². The van der Waals surface area contributed by atoms with Gasteiger partial charge in [-0.2, -0.15) is 5.10 Å². The Bertz CT molecular complexity index is 1280. The zero-order valence-corrected chi connectivity index (χ0v) is 18.9. The summed E-state index contributed by atoms with van der Waals surface area (Å²) in [6.45, 7) is 2.23. The van der Waals surface area contributed by atoms with Crippen molar-refractivity contribution in [3.63, 3.8) is 0 Å². The Kier molecular flexibility index (Phi) is 5.55. The quantitative estimate of drug-likeness (QED) is 0.440. The van der Waals surface area contributed by atoms with Crippen LogP contribution in [0, 0.1) is 12.8 Å². The summed E-state index contributed by atoms with van der Waals surface area (Å²) >= 11 is 0. The van der Waals surface area contributed by atoms with Crippen LogP contribution in [0.3, 0.4) is 0 Å². The molecule has 0 bridgehead atoms. The molecule has 33 heavy (non-hydrogen) atoms. The Morgan fingerprint density at radius 2 is 2.15 bits per heavy atom. The maximum Gasteiger partial charge on any atom is 0.262 e. The third-order valence-electron chi connectivity index (χ3n) is 5.81. The van der Waals surface area contributed by atoms with Gasteiger partial charge in [-0.05, 0) is 68.8 Å². The molecule has 0 saturated heterocycles. The lowest BCUT2D eigenvalue weighted by molar-refractivity contribution is -0.117. The third kappa shape index (κ3) is 4.45. The first-order valence-electron chi connectivity index (χ1n) is 11.0. The zero-order chi connectivity index (χ0) is 22.9. The molecular weight excluding hydrogens is 420 g/mol. The number of hydrogen-bond acceptors (Lipinski definition) is 7. The van der Waals surface area contributed by atoms with Crippen molar-refractivity contribution in [1.29, 1.82) is 0 Å². The van der Waals surface area contributed by atoms with Gasteiger partial charge in [0.05, 0.1) is 22.8 Å². The number of likely N-dealkylation sites (N-methyl/N-ethyl adjacent to an activating group) is 1. The lowest BCUT2D eigenvalue weighted by Crippen LogP contribution is -2.26. The summed E-state index contributed by atoms with van der Waals surface area (Å²) in [5.74, 6) is 1.80. The molecule has 0 unspecified atom stereocenters. The predicted octanol–water partition coefficient (Wildman–Crippen LogP) is 3.72. The Morgan fingerprint density at radius 1 is 1.30 bits per heavy atom. The lowest BCUT2D eigenvalue weighted by atomic mass is 10.1. The van der Waals surface area contributed by atoms with Gasteiger partial charge in [0.1, 0.15) is 12.4 Å². The van der Waals surface area contributed by atoms with Gasteiger partial charge in [0.15, 0.2) is 5.82 Å². The summed E-state index contributed by atoms with van der Waals surface area (Å²) in [5, 5.41) is 11.5. The molecule has 1 atom stereocenters. The van der Waals surface area contributed by atoms with Crippen molar-refractivity contribution in [3.8, 4) is 17.0 Å². The van der Waals surface area contributed by atoms with Crippen molar-refractivity contribution in [2.75, 3.05) is 26.0 Å². The average molecular weight is 447 g/mol. The van der Waals surface area contributed by atoms with Gasteiger partial charge in [-0.3, -0.25) is 14.7 Å². The van der Waals surface area contributed by atoms with E-state index in [0.717, 1.165) is 35.2 Å². The molecule has 0 aliphatic heterocycles. The zero-order valence-electron chi connectivity index (χ0n) is 18.9. The highest BCUT2D eigenvalue weighted by Gasteiger charge is 2.30. The van der Waals surface area contributed by atoms with E-state index in [2.05, 4.69) is 25.5 Å². The number of aromatic nitrogens is 4. The molecule has 5 rings (SSSR count). The standard InChI is InChI=1S/C24H26N6O3/c1-15-22(24(28-33-15)32-14-20(29(2)3)19-6-4-5-10-25-19)17-9-11-30-18(12-17)13-21(27-30)26-23(31)16-7-8-16/h4-6,9-13,16,20H,7-8,14H2,1-3H3,(H,26,27,31)/t20-/m1/s1. The van der Waals surface area contributed by atoms with E-state index in [0.29, 0.717) is 24.1 Å². The Balaban J connectivity index is 1.38. The van der Waals surface area contributed by atoms with Crippen molar-refractivity contribution in [1.82, 2.24) is 24.7 Å². The fraction of sp³-hybridized carbons (Fsp3) is 0.333. The molecule has 4 aromatic heterocycles. The number of hydrogen-bond donors (Lipinski definition) is 1. The smallest absolute Gasteiger partial charge is 0.262 e. The number of carbonyl (C=O) groups is 1. The predicted molar refractivity (Wildman–Crippen MR) is 123 cm³/mol. The number of rotatable bonds is 8. The van der Waals surface area contributed by atoms with Crippen molar-refractivity contribution >= 4 is 17.2 Å². The van der Waals surface area contributed by atoms with Gasteiger partial charge in [0.25, 0.3) is 5.88 Å². The van der Waals surface area contributed by atoms with Gasteiger partial charge in [-0.1, -0.05) is 6.07 Å². The molecule has 1 fully saturated rings. The van der Waals surface area contributed by atoms with Crippen molar-refractivity contribution in [2.45, 2.75) is 25.8 Å². The van der Waals surface area contributed by atoms with Crippen LogP contribution in [0.15, 0.2) is 53.3 Å². The number of fused-ring (bicyclic) bond motifs is 1. The van der Waals surface area contributed by atoms with Crippen molar-refractivity contribution in [3.05, 3.63) is 60.2 Å². The molecule has 1 aliphatic rings. The first-order chi connectivity index (χ1) is 16.0. The van der Waals surface area contributed by atoms with Gasteiger partial charge in [0.2, 0.25) is 5.91 Å². The van der Waals surface area contributed by atoms with E-state index in [1.807, 2.05) is 63.6 Å². The molecule has 0 radical (unpaired) electrons. The molecule has 0 aromatic carbocycles. The van der Waals surface area contributed by atoms with Crippen LogP contribution in [0.5, 0.6) is 5.88 Å². The molecule has 170 valence electrons. The molecule has 0 spiro atoms. The normalized spacial score (nSPS) is 14.5. The van der Waals surface area contributed by atoms with E-state index >= 15 is 0 Å². The average Bonchev–Trinajstić information content (AvgIpc) is 3.49. The molecule has 4 aromatic rings. The number of ether oxygens (including phenoxy) is 1. The van der Waals surface area contributed by atoms with Crippen LogP contribution in [0.4, 0.5) is 5.82 Å². The Labute approximate surface area is 191 Å². The molecule has 4 heterocycles. The monoisotopic (exact) mass is 446 g/mol. The number of nitrogens with zero attached hydrogens (tertiary/aromatic N) is 5. The number of pyridine rings is 2. The lowest BCUT2D eigenvalue weighted by Gasteiger charge is -2.23. The van der Waals surface area contributed by atoms with E-state index < -0.39 is 0 Å². The van der Waals surface area contributed by atoms with E-state index in [4.69, 9.17) is 9.26 Å². The van der Waals surface area contributed by atoms with Crippen molar-refractivity contribution < 1.29 is 14.1 Å². The number of aryl methyl sites for hydroxylation is 1. The third-order valence-corrected chi connectivity index (χ3v) is 5.81. The topological polar surface area (TPSA) is 97.8 Å². The summed E-state index contributed by atoms with van der Waals surface area (Å²) in [5.41, 5.74) is 3.46. The first kappa shape index (κ1) is 21.1. The maximum absolute atomic E-state index is 12.1. The molecule has 9 heteroatoms. The van der Waals surface area contributed by atoms with Crippen LogP contribution >= 0.6 is 0 Å². The first-order valence-corrected chi connectivity index (χ1v) is 11.0. The second kappa shape index (κ2) is 8.67. The second-order valence-electron chi connectivity index (χ2n) is 8.54. The fourth-order valence-corrected chi connectivity index (χ4v) is 3.79. The van der Waals surface area contributed by atoms with Crippen LogP contribution < -0.4 is 10.1 Å². The van der Waals surface area contributed by atoms with E-state index in [-0.39, 0.29) is 17.9 Å². The van der Waals surface area contributed by atoms with Crippen molar-refractivity contribution in [2.24, 2.45) is 5.92 Å². The summed E-state index contributed by atoms with van der Waals surface area (Å²) in [4.78, 5) is 18.6. The van der Waals surface area contributed by atoms with Gasteiger partial charge in [-0.25, -0.2) is 4.52 Å². The Morgan fingerprint density at radius 3 is 2.88 bits per heavy atom. The summed E-state index contributed by atoms with van der Waals surface area (Å²) in [7, 11) is 3.98. The molecule has 1 aliphatic carbocycles. The van der Waals surface area contributed by atoms with E-state index in [1.54, 1.807) is 10.7 Å². The van der Waals surface area contributed by atoms with Crippen LogP contribution in [0.1, 0.15) is 30.3 Å². The van der Waals surface area contributed by atoms with Crippen LogP contribution in [-0.4, -0.2) is 51.3 Å². The molecule has 1 saturated carbocycles. The minimum absolute atomic E-state index is 0.0348. The van der Waals surface area contributed by atoms with Crippen LogP contribution in [-0.2, 0) is 4.79 Å². The van der Waals surface area contributed by atoms with Gasteiger partial charge in [-0.15, -0.1) is 0 Å². The molecule has 1 N–H and O–H groups in total. The number of anilines is 1. The molecular formula is C24H26N6O3. The Hall–Kier alpha value is -3.72. The fourth-order valence-electron chi connectivity index (χ4n) is 3.79. The molecule has 1 amide bonds. The summed E-state index contributed by atoms with van der Waals surface area (Å²) in [6.07, 6.45) is 5.53. The second-order valence-corrected chi connectivity index (χ2v) is 8.54. The largest absolute Gasteiger partial charge is 0.473 e. The number of nitrogens with one attached hydrogen (secondary N) is 1. The van der Waals surface area contributed by atoms with E-state index in [9.17, 15) is 4.79 Å². The SMILES string of the molecule is Cc1onc(OC[C@H](c2ccccn2)N(C)C)c1-c1ccn2nc(NC(=O)C3CC3)cc2c1.